The summed E-state index contributed by atoms with van der Waals surface area (Å²) in [6.07, 6.45) is 0.898. The first kappa shape index (κ1) is 21.0. The summed E-state index contributed by atoms with van der Waals surface area (Å²) in [5.74, 6) is 1.76. The Morgan fingerprint density at radius 2 is 1.70 bits per heavy atom. The van der Waals surface area contributed by atoms with Gasteiger partial charge in [0.05, 0.1) is 20.3 Å². The summed E-state index contributed by atoms with van der Waals surface area (Å²) in [5, 5.41) is 7.25. The summed E-state index contributed by atoms with van der Waals surface area (Å²) in [6.45, 7) is 1.47. The summed E-state index contributed by atoms with van der Waals surface area (Å²) in [4.78, 5) is 2.16. The summed E-state index contributed by atoms with van der Waals surface area (Å²) in [6, 6.07) is 16.3. The molecule has 0 aromatic heterocycles. The summed E-state index contributed by atoms with van der Waals surface area (Å²) >= 11 is 5.43. The van der Waals surface area contributed by atoms with Crippen molar-refractivity contribution in [2.24, 2.45) is 0 Å². The van der Waals surface area contributed by atoms with Gasteiger partial charge in [0.1, 0.15) is 11.5 Å². The number of thiocarbonyl (C=S) groups is 1. The molecule has 0 saturated heterocycles. The quantitative estimate of drug-likeness (QED) is 0.645. The van der Waals surface area contributed by atoms with Crippen molar-refractivity contribution < 1.29 is 9.47 Å². The second kappa shape index (κ2) is 10.7. The van der Waals surface area contributed by atoms with Gasteiger partial charge in [-0.1, -0.05) is 30.3 Å². The van der Waals surface area contributed by atoms with Crippen LogP contribution in [-0.2, 0) is 6.42 Å². The van der Waals surface area contributed by atoms with E-state index in [1.54, 1.807) is 14.2 Å². The highest BCUT2D eigenvalue weighted by atomic mass is 32.1. The lowest BCUT2D eigenvalue weighted by Crippen LogP contribution is -2.41. The third-order valence-electron chi connectivity index (χ3n) is 4.44. The van der Waals surface area contributed by atoms with Crippen LogP contribution in [0.1, 0.15) is 17.2 Å². The molecule has 6 heteroatoms. The number of benzene rings is 2. The molecule has 0 bridgehead atoms. The smallest absolute Gasteiger partial charge is 0.166 e. The Morgan fingerprint density at radius 1 is 1.00 bits per heavy atom. The maximum atomic E-state index is 5.50. The zero-order chi connectivity index (χ0) is 19.6. The molecule has 1 atom stereocenters. The fourth-order valence-corrected chi connectivity index (χ4v) is 3.06. The van der Waals surface area contributed by atoms with Crippen LogP contribution < -0.4 is 20.1 Å². The van der Waals surface area contributed by atoms with E-state index in [1.807, 2.05) is 30.3 Å². The molecule has 2 rings (SSSR count). The van der Waals surface area contributed by atoms with Crippen molar-refractivity contribution in [1.29, 1.82) is 0 Å². The lowest BCUT2D eigenvalue weighted by molar-refractivity contribution is 0.288. The maximum Gasteiger partial charge on any atom is 0.166 e. The van der Waals surface area contributed by atoms with E-state index in [1.165, 1.54) is 5.56 Å². The molecule has 0 aliphatic rings. The molecule has 5 nitrogen and oxygen atoms in total. The van der Waals surface area contributed by atoms with Gasteiger partial charge in [-0.3, -0.25) is 0 Å². The van der Waals surface area contributed by atoms with E-state index in [0.29, 0.717) is 11.7 Å². The molecule has 0 radical (unpaired) electrons. The molecular formula is C21H29N3O2S. The van der Waals surface area contributed by atoms with Crippen LogP contribution in [0.25, 0.3) is 0 Å². The number of hydrogen-bond donors (Lipinski definition) is 2. The number of para-hydroxylation sites is 1. The molecule has 2 aromatic carbocycles. The van der Waals surface area contributed by atoms with Crippen molar-refractivity contribution in [2.75, 3.05) is 41.4 Å². The van der Waals surface area contributed by atoms with Crippen LogP contribution in [-0.4, -0.2) is 51.4 Å². The monoisotopic (exact) mass is 387 g/mol. The van der Waals surface area contributed by atoms with Gasteiger partial charge in [-0.15, -0.1) is 0 Å². The molecule has 0 fully saturated rings. The van der Waals surface area contributed by atoms with E-state index in [2.05, 4.69) is 47.8 Å². The van der Waals surface area contributed by atoms with Gasteiger partial charge in [-0.05, 0) is 56.5 Å². The molecule has 0 aliphatic carbocycles. The largest absolute Gasteiger partial charge is 0.497 e. The van der Waals surface area contributed by atoms with E-state index in [-0.39, 0.29) is 6.04 Å². The van der Waals surface area contributed by atoms with Gasteiger partial charge in [0.25, 0.3) is 0 Å². The maximum absolute atomic E-state index is 5.50. The predicted octanol–water partition coefficient (Wildman–Crippen LogP) is 3.01. The minimum atomic E-state index is 0.155. The highest BCUT2D eigenvalue weighted by molar-refractivity contribution is 7.80. The Balaban J connectivity index is 1.83. The number of nitrogens with zero attached hydrogens (tertiary/aromatic N) is 1. The van der Waals surface area contributed by atoms with Gasteiger partial charge in [0.2, 0.25) is 0 Å². The first-order valence-corrected chi connectivity index (χ1v) is 9.40. The van der Waals surface area contributed by atoms with E-state index in [4.69, 9.17) is 21.7 Å². The summed E-state index contributed by atoms with van der Waals surface area (Å²) < 4.78 is 10.7. The normalized spacial score (nSPS) is 11.7. The van der Waals surface area contributed by atoms with Gasteiger partial charge in [0, 0.05) is 18.7 Å². The van der Waals surface area contributed by atoms with E-state index >= 15 is 0 Å². The Labute approximate surface area is 167 Å². The average Bonchev–Trinajstić information content (AvgIpc) is 2.68. The summed E-state index contributed by atoms with van der Waals surface area (Å²) in [7, 11) is 7.48. The molecular weight excluding hydrogens is 358 g/mol. The van der Waals surface area contributed by atoms with Gasteiger partial charge >= 0.3 is 0 Å². The van der Waals surface area contributed by atoms with Gasteiger partial charge in [-0.2, -0.15) is 0 Å². The first-order chi connectivity index (χ1) is 13.0. The topological polar surface area (TPSA) is 45.8 Å². The Hall–Kier alpha value is -2.31. The molecule has 2 N–H and O–H groups in total. The number of hydrogen-bond acceptors (Lipinski definition) is 4. The van der Waals surface area contributed by atoms with Crippen molar-refractivity contribution in [3.63, 3.8) is 0 Å². The summed E-state index contributed by atoms with van der Waals surface area (Å²) in [5.41, 5.74) is 2.38. The minimum absolute atomic E-state index is 0.155. The molecule has 2 aromatic rings. The molecule has 146 valence electrons. The van der Waals surface area contributed by atoms with Crippen molar-refractivity contribution in [3.8, 4) is 11.5 Å². The van der Waals surface area contributed by atoms with Gasteiger partial charge in [0.15, 0.2) is 5.11 Å². The van der Waals surface area contributed by atoms with Crippen molar-refractivity contribution >= 4 is 17.3 Å². The molecule has 0 saturated carbocycles. The Morgan fingerprint density at radius 3 is 2.33 bits per heavy atom. The highest BCUT2D eigenvalue weighted by Crippen LogP contribution is 2.27. The Bertz CT molecular complexity index is 720. The average molecular weight is 388 g/mol. The van der Waals surface area contributed by atoms with Crippen LogP contribution in [0.15, 0.2) is 48.5 Å². The van der Waals surface area contributed by atoms with Crippen LogP contribution in [0.4, 0.5) is 0 Å². The molecule has 0 amide bonds. The van der Waals surface area contributed by atoms with Crippen LogP contribution >= 0.6 is 12.2 Å². The predicted molar refractivity (Wildman–Crippen MR) is 115 cm³/mol. The third-order valence-corrected chi connectivity index (χ3v) is 4.72. The SMILES string of the molecule is COc1ccc(CCNC(=S)NCC(c2ccccc2OC)N(C)C)cc1. The number of likely N-dealkylation sites (N-methyl/N-ethyl adjacent to an activating group) is 1. The second-order valence-corrected chi connectivity index (χ2v) is 6.86. The van der Waals surface area contributed by atoms with Gasteiger partial charge < -0.3 is 25.0 Å². The molecule has 27 heavy (non-hydrogen) atoms. The number of ether oxygens (including phenoxy) is 2. The second-order valence-electron chi connectivity index (χ2n) is 6.46. The van der Waals surface area contributed by atoms with Gasteiger partial charge in [-0.25, -0.2) is 0 Å². The fourth-order valence-electron chi connectivity index (χ4n) is 2.88. The third kappa shape index (κ3) is 6.41. The zero-order valence-corrected chi connectivity index (χ0v) is 17.3. The standard InChI is InChI=1S/C21H29N3O2S/c1-24(2)19(18-7-5-6-8-20(18)26-4)15-23-21(27)22-14-13-16-9-11-17(25-3)12-10-16/h5-12,19H,13-15H2,1-4H3,(H2,22,23,27). The minimum Gasteiger partial charge on any atom is -0.497 e. The van der Waals surface area contributed by atoms with Crippen molar-refractivity contribution in [2.45, 2.75) is 12.5 Å². The highest BCUT2D eigenvalue weighted by Gasteiger charge is 2.18. The van der Waals surface area contributed by atoms with E-state index in [0.717, 1.165) is 30.0 Å². The van der Waals surface area contributed by atoms with Crippen LogP contribution in [0.3, 0.4) is 0 Å². The molecule has 1 unspecified atom stereocenters. The van der Waals surface area contributed by atoms with E-state index < -0.39 is 0 Å². The Kier molecular flexibility index (Phi) is 8.36. The number of rotatable bonds is 9. The van der Waals surface area contributed by atoms with Crippen LogP contribution in [0.5, 0.6) is 11.5 Å². The fraction of sp³-hybridized carbons (Fsp3) is 0.381. The molecule has 0 spiro atoms. The van der Waals surface area contributed by atoms with Crippen molar-refractivity contribution in [1.82, 2.24) is 15.5 Å². The van der Waals surface area contributed by atoms with Crippen LogP contribution in [0, 0.1) is 0 Å². The van der Waals surface area contributed by atoms with Crippen LogP contribution in [0.2, 0.25) is 0 Å². The van der Waals surface area contributed by atoms with Crippen molar-refractivity contribution in [3.05, 3.63) is 59.7 Å². The molecule has 0 aliphatic heterocycles. The molecule has 0 heterocycles. The van der Waals surface area contributed by atoms with E-state index in [9.17, 15) is 0 Å². The lowest BCUT2D eigenvalue weighted by atomic mass is 10.0. The number of methoxy groups -OCH3 is 2. The lowest BCUT2D eigenvalue weighted by Gasteiger charge is -2.27. The first-order valence-electron chi connectivity index (χ1n) is 8.99. The zero-order valence-electron chi connectivity index (χ0n) is 16.5. The number of nitrogens with one attached hydrogen (secondary N) is 2.